The molecule has 0 aliphatic heterocycles. The van der Waals surface area contributed by atoms with Crippen molar-refractivity contribution in [1.82, 2.24) is 0 Å². The maximum Gasteiger partial charge on any atom is 0.124 e. The van der Waals surface area contributed by atoms with Crippen LogP contribution in [0.25, 0.3) is 44.5 Å². The molecule has 240 valence electrons. The number of rotatable bonds is 8. The molecule has 0 aliphatic carbocycles. The summed E-state index contributed by atoms with van der Waals surface area (Å²) >= 11 is 0. The number of aromatic hydroxyl groups is 2. The van der Waals surface area contributed by atoms with Gasteiger partial charge in [-0.25, -0.2) is 0 Å². The van der Waals surface area contributed by atoms with E-state index >= 15 is 0 Å². The molecule has 0 spiro atoms. The van der Waals surface area contributed by atoms with Crippen LogP contribution in [0.15, 0.2) is 180 Å². The van der Waals surface area contributed by atoms with E-state index in [4.69, 9.17) is 9.98 Å². The van der Waals surface area contributed by atoms with Gasteiger partial charge in [0.2, 0.25) is 0 Å². The Labute approximate surface area is 300 Å². The van der Waals surface area contributed by atoms with E-state index < -0.39 is 0 Å². The molecule has 0 bridgehead atoms. The van der Waals surface area contributed by atoms with Crippen LogP contribution in [-0.2, 0) is 21.1 Å². The molecule has 7 aromatic carbocycles. The van der Waals surface area contributed by atoms with E-state index in [1.807, 2.05) is 133 Å². The van der Waals surface area contributed by atoms with Crippen molar-refractivity contribution < 1.29 is 31.3 Å². The standard InChI is InChI=1S/C44H32N2O2.Pt/c47-43-23-21-35(31-13-5-1-6-14-31)25-37(43)29-45-41-27-39(33-17-9-3-10-18-33)40(34-19-11-4-12-20-34)28-42(41)46-30-38-26-36(22-24-44(38)48)32-15-7-2-8-16-32;/h1-30,47-48H;. The van der Waals surface area contributed by atoms with Gasteiger partial charge in [0, 0.05) is 44.6 Å². The van der Waals surface area contributed by atoms with Crippen LogP contribution in [0.4, 0.5) is 11.4 Å². The average molecular weight is 816 g/mol. The van der Waals surface area contributed by atoms with Crippen LogP contribution in [0.2, 0.25) is 0 Å². The fraction of sp³-hybridized carbons (Fsp3) is 0. The van der Waals surface area contributed by atoms with Crippen LogP contribution in [0.1, 0.15) is 11.1 Å². The molecule has 2 N–H and O–H groups in total. The van der Waals surface area contributed by atoms with Crippen molar-refractivity contribution in [1.29, 1.82) is 0 Å². The molecule has 4 nitrogen and oxygen atoms in total. The van der Waals surface area contributed by atoms with E-state index in [1.165, 1.54) is 0 Å². The summed E-state index contributed by atoms with van der Waals surface area (Å²) in [4.78, 5) is 9.86. The first-order valence-electron chi connectivity index (χ1n) is 15.8. The molecule has 0 saturated heterocycles. The second-order valence-electron chi connectivity index (χ2n) is 11.4. The van der Waals surface area contributed by atoms with Crippen LogP contribution in [0.5, 0.6) is 11.5 Å². The first-order valence-corrected chi connectivity index (χ1v) is 15.8. The van der Waals surface area contributed by atoms with Crippen LogP contribution in [0, 0.1) is 0 Å². The Morgan fingerprint density at radius 3 is 1.02 bits per heavy atom. The van der Waals surface area contributed by atoms with Gasteiger partial charge in [0.15, 0.2) is 0 Å². The molecule has 0 heterocycles. The minimum absolute atomic E-state index is 0. The molecule has 0 unspecified atom stereocenters. The van der Waals surface area contributed by atoms with E-state index in [9.17, 15) is 10.2 Å². The Morgan fingerprint density at radius 1 is 0.347 bits per heavy atom. The number of aliphatic imine (C=N–C) groups is 2. The quantitative estimate of drug-likeness (QED) is 0.150. The molecule has 5 heteroatoms. The third-order valence-electron chi connectivity index (χ3n) is 8.24. The first kappa shape index (κ1) is 33.1. The Bertz CT molecular complexity index is 2070. The molecule has 0 fully saturated rings. The van der Waals surface area contributed by atoms with Crippen molar-refractivity contribution in [2.75, 3.05) is 0 Å². The summed E-state index contributed by atoms with van der Waals surface area (Å²) in [5.74, 6) is 0.269. The van der Waals surface area contributed by atoms with Gasteiger partial charge in [0.1, 0.15) is 11.5 Å². The zero-order valence-corrected chi connectivity index (χ0v) is 28.7. The number of hydrogen-bond donors (Lipinski definition) is 2. The summed E-state index contributed by atoms with van der Waals surface area (Å²) in [6.07, 6.45) is 3.36. The van der Waals surface area contributed by atoms with Crippen LogP contribution >= 0.6 is 0 Å². The van der Waals surface area contributed by atoms with Gasteiger partial charge in [-0.05, 0) is 80.9 Å². The van der Waals surface area contributed by atoms with Crippen molar-refractivity contribution in [3.8, 4) is 56.0 Å². The Kier molecular flexibility index (Phi) is 10.4. The van der Waals surface area contributed by atoms with E-state index in [1.54, 1.807) is 24.6 Å². The van der Waals surface area contributed by atoms with Crippen molar-refractivity contribution in [2.45, 2.75) is 0 Å². The van der Waals surface area contributed by atoms with Crippen molar-refractivity contribution in [3.05, 3.63) is 181 Å². The zero-order chi connectivity index (χ0) is 32.7. The average Bonchev–Trinajstić information content (AvgIpc) is 3.15. The Balaban J connectivity index is 0.00000417. The van der Waals surface area contributed by atoms with Gasteiger partial charge >= 0.3 is 0 Å². The summed E-state index contributed by atoms with van der Waals surface area (Å²) in [5, 5.41) is 21.6. The van der Waals surface area contributed by atoms with E-state index in [2.05, 4.69) is 24.3 Å². The summed E-state index contributed by atoms with van der Waals surface area (Å²) in [5.41, 5.74) is 10.6. The van der Waals surface area contributed by atoms with Gasteiger partial charge < -0.3 is 10.2 Å². The molecule has 0 amide bonds. The van der Waals surface area contributed by atoms with E-state index in [0.717, 1.165) is 44.5 Å². The molecule has 0 atom stereocenters. The van der Waals surface area contributed by atoms with E-state index in [0.29, 0.717) is 22.5 Å². The summed E-state index contributed by atoms with van der Waals surface area (Å²) < 4.78 is 0. The predicted octanol–water partition coefficient (Wildman–Crippen LogP) is 11.3. The third kappa shape index (κ3) is 7.67. The number of nitrogens with zero attached hydrogens (tertiary/aromatic N) is 2. The van der Waals surface area contributed by atoms with Crippen LogP contribution < -0.4 is 0 Å². The monoisotopic (exact) mass is 815 g/mol. The molecule has 7 rings (SSSR count). The molecular formula is C44H32N2O2Pt. The molecule has 0 aromatic heterocycles. The van der Waals surface area contributed by atoms with Crippen molar-refractivity contribution in [2.24, 2.45) is 9.98 Å². The summed E-state index contributed by atoms with van der Waals surface area (Å²) in [7, 11) is 0. The van der Waals surface area contributed by atoms with Crippen LogP contribution in [-0.4, -0.2) is 22.6 Å². The van der Waals surface area contributed by atoms with Gasteiger partial charge in [-0.1, -0.05) is 133 Å². The maximum atomic E-state index is 10.8. The van der Waals surface area contributed by atoms with Gasteiger partial charge in [-0.2, -0.15) is 0 Å². The second-order valence-corrected chi connectivity index (χ2v) is 11.4. The smallest absolute Gasteiger partial charge is 0.124 e. The number of phenols is 2. The molecular weight excluding hydrogens is 784 g/mol. The van der Waals surface area contributed by atoms with Crippen molar-refractivity contribution in [3.63, 3.8) is 0 Å². The van der Waals surface area contributed by atoms with Gasteiger partial charge in [0.25, 0.3) is 0 Å². The molecule has 7 aromatic rings. The topological polar surface area (TPSA) is 65.2 Å². The van der Waals surface area contributed by atoms with Gasteiger partial charge in [-0.15, -0.1) is 0 Å². The maximum absolute atomic E-state index is 10.8. The largest absolute Gasteiger partial charge is 0.507 e. The fourth-order valence-electron chi connectivity index (χ4n) is 5.71. The fourth-order valence-corrected chi connectivity index (χ4v) is 5.71. The number of phenolic OH excluding ortho intramolecular Hbond substituents is 2. The molecule has 0 saturated carbocycles. The van der Waals surface area contributed by atoms with Gasteiger partial charge in [0.05, 0.1) is 11.4 Å². The Morgan fingerprint density at radius 2 is 0.673 bits per heavy atom. The SMILES string of the molecule is Oc1ccc(-c2ccccc2)cc1C=Nc1cc(-c2ccccc2)c(-c2ccccc2)cc1N=Cc1cc(-c2ccccc2)ccc1O.[Pt]. The number of benzene rings is 7. The predicted molar refractivity (Wildman–Crippen MR) is 199 cm³/mol. The minimum atomic E-state index is 0. The summed E-state index contributed by atoms with van der Waals surface area (Å²) in [6, 6.07) is 55.6. The zero-order valence-electron chi connectivity index (χ0n) is 26.4. The third-order valence-corrected chi connectivity index (χ3v) is 8.24. The Hall–Kier alpha value is -5.83. The first-order chi connectivity index (χ1) is 23.6. The molecule has 0 radical (unpaired) electrons. The second kappa shape index (κ2) is 15.4. The van der Waals surface area contributed by atoms with E-state index in [-0.39, 0.29) is 32.6 Å². The molecule has 0 aliphatic rings. The molecule has 49 heavy (non-hydrogen) atoms. The number of hydrogen-bond acceptors (Lipinski definition) is 4. The van der Waals surface area contributed by atoms with Crippen molar-refractivity contribution >= 4 is 23.8 Å². The van der Waals surface area contributed by atoms with Crippen LogP contribution in [0.3, 0.4) is 0 Å². The van der Waals surface area contributed by atoms with Gasteiger partial charge in [-0.3, -0.25) is 9.98 Å². The summed E-state index contributed by atoms with van der Waals surface area (Å²) in [6.45, 7) is 0. The minimum Gasteiger partial charge on any atom is -0.507 e. The normalized spacial score (nSPS) is 11.1.